The number of nitrogens with zero attached hydrogens (tertiary/aromatic N) is 2. The number of para-hydroxylation sites is 1. The van der Waals surface area contributed by atoms with Crippen molar-refractivity contribution in [3.63, 3.8) is 0 Å². The molecule has 0 fully saturated rings. The summed E-state index contributed by atoms with van der Waals surface area (Å²) in [6.07, 6.45) is 0. The molecule has 2 aromatic heterocycles. The number of anilines is 1. The second-order valence-electron chi connectivity index (χ2n) is 7.06. The van der Waals surface area contributed by atoms with Crippen LogP contribution in [0.5, 0.6) is 0 Å². The highest BCUT2D eigenvalue weighted by molar-refractivity contribution is 6.13. The monoisotopic (exact) mass is 426 g/mol. The van der Waals surface area contributed by atoms with Gasteiger partial charge in [0.15, 0.2) is 5.82 Å². The summed E-state index contributed by atoms with van der Waals surface area (Å²) in [5.41, 5.74) is 3.43. The third-order valence-electron chi connectivity index (χ3n) is 4.93. The Morgan fingerprint density at radius 2 is 1.75 bits per heavy atom. The number of rotatable bonds is 4. The fraction of sp³-hybridized carbons (Fsp3) is 0. The van der Waals surface area contributed by atoms with Crippen LogP contribution in [-0.2, 0) is 0 Å². The van der Waals surface area contributed by atoms with Crippen molar-refractivity contribution in [1.29, 1.82) is 0 Å². The van der Waals surface area contributed by atoms with Gasteiger partial charge in [-0.25, -0.2) is 14.2 Å². The summed E-state index contributed by atoms with van der Waals surface area (Å²) in [6, 6.07) is 21.8. The number of benzene rings is 3. The van der Waals surface area contributed by atoms with Gasteiger partial charge in [0, 0.05) is 22.2 Å². The molecule has 0 saturated heterocycles. The van der Waals surface area contributed by atoms with Crippen molar-refractivity contribution in [1.82, 2.24) is 15.1 Å². The van der Waals surface area contributed by atoms with Gasteiger partial charge in [0.25, 0.3) is 5.91 Å². The van der Waals surface area contributed by atoms with Crippen molar-refractivity contribution in [3.8, 4) is 22.6 Å². The van der Waals surface area contributed by atoms with Crippen LogP contribution in [0.2, 0.25) is 0 Å². The van der Waals surface area contributed by atoms with Gasteiger partial charge in [-0.15, -0.1) is 0 Å². The lowest BCUT2D eigenvalue weighted by molar-refractivity contribution is 0.102. The van der Waals surface area contributed by atoms with Gasteiger partial charge in [0.1, 0.15) is 5.82 Å². The normalized spacial score (nSPS) is 10.9. The van der Waals surface area contributed by atoms with E-state index in [9.17, 15) is 14.0 Å². The van der Waals surface area contributed by atoms with Crippen LogP contribution in [0, 0.1) is 5.82 Å². The Labute approximate surface area is 180 Å². The average molecular weight is 426 g/mol. The minimum Gasteiger partial charge on any atom is -0.322 e. The van der Waals surface area contributed by atoms with Gasteiger partial charge in [-0.05, 0) is 48.5 Å². The fourth-order valence-electron chi connectivity index (χ4n) is 3.43. The Balaban J connectivity index is 1.53. The first-order valence-corrected chi connectivity index (χ1v) is 9.70. The fourth-order valence-corrected chi connectivity index (χ4v) is 3.43. The van der Waals surface area contributed by atoms with Crippen LogP contribution in [-0.4, -0.2) is 21.0 Å². The molecule has 32 heavy (non-hydrogen) atoms. The number of H-pyrrole nitrogens is 1. The SMILES string of the molecule is O=C(Nc1cccc(-c2noc(=O)[nH]2)c1)c1cc(-c2ccc(F)cc2)nc2ccccc12. The van der Waals surface area contributed by atoms with Crippen LogP contribution in [0.1, 0.15) is 10.4 Å². The average Bonchev–Trinajstić information content (AvgIpc) is 3.25. The summed E-state index contributed by atoms with van der Waals surface area (Å²) >= 11 is 0. The molecule has 7 nitrogen and oxygen atoms in total. The van der Waals surface area contributed by atoms with E-state index < -0.39 is 5.76 Å². The topological polar surface area (TPSA) is 101 Å². The first-order chi connectivity index (χ1) is 15.6. The number of halogens is 1. The summed E-state index contributed by atoms with van der Waals surface area (Å²) in [5, 5.41) is 7.23. The van der Waals surface area contributed by atoms with E-state index in [1.807, 2.05) is 24.3 Å². The molecule has 0 saturated carbocycles. The first-order valence-electron chi connectivity index (χ1n) is 9.70. The summed E-state index contributed by atoms with van der Waals surface area (Å²) in [7, 11) is 0. The maximum atomic E-state index is 13.3. The third-order valence-corrected chi connectivity index (χ3v) is 4.93. The van der Waals surface area contributed by atoms with Gasteiger partial charge >= 0.3 is 5.76 Å². The molecule has 2 N–H and O–H groups in total. The van der Waals surface area contributed by atoms with Crippen molar-refractivity contribution in [3.05, 3.63) is 101 Å². The van der Waals surface area contributed by atoms with Crippen LogP contribution in [0.25, 0.3) is 33.5 Å². The number of hydrogen-bond donors (Lipinski definition) is 2. The molecule has 5 aromatic rings. The molecule has 0 unspecified atom stereocenters. The molecule has 8 heteroatoms. The van der Waals surface area contributed by atoms with Crippen molar-refractivity contribution < 1.29 is 13.7 Å². The molecule has 0 aliphatic heterocycles. The molecule has 0 aliphatic carbocycles. The molecule has 0 spiro atoms. The van der Waals surface area contributed by atoms with E-state index in [1.54, 1.807) is 42.5 Å². The second-order valence-corrected chi connectivity index (χ2v) is 7.06. The quantitative estimate of drug-likeness (QED) is 0.436. The molecule has 1 amide bonds. The molecule has 156 valence electrons. The molecular weight excluding hydrogens is 411 g/mol. The van der Waals surface area contributed by atoms with Gasteiger partial charge in [0.05, 0.1) is 16.8 Å². The van der Waals surface area contributed by atoms with E-state index in [0.29, 0.717) is 39.0 Å². The molecule has 2 heterocycles. The lowest BCUT2D eigenvalue weighted by Gasteiger charge is -2.11. The van der Waals surface area contributed by atoms with Gasteiger partial charge in [-0.3, -0.25) is 14.3 Å². The smallest absolute Gasteiger partial charge is 0.322 e. The zero-order valence-electron chi connectivity index (χ0n) is 16.5. The van der Waals surface area contributed by atoms with Gasteiger partial charge in [0.2, 0.25) is 0 Å². The van der Waals surface area contributed by atoms with Crippen LogP contribution in [0.15, 0.2) is 88.2 Å². The van der Waals surface area contributed by atoms with Crippen molar-refractivity contribution in [2.24, 2.45) is 0 Å². The highest BCUT2D eigenvalue weighted by atomic mass is 19.1. The largest absolute Gasteiger partial charge is 0.439 e. The molecule has 0 bridgehead atoms. The number of hydrogen-bond acceptors (Lipinski definition) is 5. The molecular formula is C24H15FN4O3. The number of pyridine rings is 1. The number of fused-ring (bicyclic) bond motifs is 1. The van der Waals surface area contributed by atoms with Crippen LogP contribution in [0.3, 0.4) is 0 Å². The number of carbonyl (C=O) groups excluding carboxylic acids is 1. The van der Waals surface area contributed by atoms with Gasteiger partial charge < -0.3 is 5.32 Å². The molecule has 0 radical (unpaired) electrons. The summed E-state index contributed by atoms with van der Waals surface area (Å²) in [6.45, 7) is 0. The van der Waals surface area contributed by atoms with E-state index in [4.69, 9.17) is 0 Å². The molecule has 0 aliphatic rings. The Bertz CT molecular complexity index is 1510. The Hall–Kier alpha value is -4.59. The maximum absolute atomic E-state index is 13.3. The number of aromatic amines is 1. The molecule has 3 aromatic carbocycles. The van der Waals surface area contributed by atoms with E-state index in [1.165, 1.54) is 12.1 Å². The Kier molecular flexibility index (Phi) is 4.79. The van der Waals surface area contributed by atoms with Crippen molar-refractivity contribution >= 4 is 22.5 Å². The van der Waals surface area contributed by atoms with E-state index in [0.717, 1.165) is 0 Å². The Morgan fingerprint density at radius 3 is 2.53 bits per heavy atom. The number of carbonyl (C=O) groups is 1. The van der Waals surface area contributed by atoms with Crippen LogP contribution >= 0.6 is 0 Å². The number of amides is 1. The zero-order chi connectivity index (χ0) is 22.1. The minimum absolute atomic E-state index is 0.263. The van der Waals surface area contributed by atoms with Gasteiger partial charge in [-0.1, -0.05) is 35.5 Å². The molecule has 0 atom stereocenters. The number of aromatic nitrogens is 3. The van der Waals surface area contributed by atoms with E-state index >= 15 is 0 Å². The highest BCUT2D eigenvalue weighted by Gasteiger charge is 2.15. The zero-order valence-corrected chi connectivity index (χ0v) is 16.5. The molecule has 5 rings (SSSR count). The summed E-state index contributed by atoms with van der Waals surface area (Å²) in [5.74, 6) is -1.08. The van der Waals surface area contributed by atoms with Crippen LogP contribution in [0.4, 0.5) is 10.1 Å². The van der Waals surface area contributed by atoms with Gasteiger partial charge in [-0.2, -0.15) is 0 Å². The predicted molar refractivity (Wildman–Crippen MR) is 118 cm³/mol. The predicted octanol–water partition coefficient (Wildman–Crippen LogP) is 4.64. The van der Waals surface area contributed by atoms with Crippen molar-refractivity contribution in [2.45, 2.75) is 0 Å². The second kappa shape index (κ2) is 7.92. The lowest BCUT2D eigenvalue weighted by Crippen LogP contribution is -2.13. The van der Waals surface area contributed by atoms with E-state index in [-0.39, 0.29) is 17.5 Å². The first kappa shape index (κ1) is 19.4. The Morgan fingerprint density at radius 1 is 0.938 bits per heavy atom. The maximum Gasteiger partial charge on any atom is 0.439 e. The van der Waals surface area contributed by atoms with Crippen LogP contribution < -0.4 is 11.1 Å². The summed E-state index contributed by atoms with van der Waals surface area (Å²) in [4.78, 5) is 31.6. The standard InChI is InChI=1S/C24H15FN4O3/c25-16-10-8-14(9-11-16)21-13-19(18-6-1-2-7-20(18)27-21)23(30)26-17-5-3-4-15(12-17)22-28-24(31)32-29-22/h1-13H,(H,26,30)(H,28,29,31). The lowest BCUT2D eigenvalue weighted by atomic mass is 10.0. The summed E-state index contributed by atoms with van der Waals surface area (Å²) < 4.78 is 17.9. The van der Waals surface area contributed by atoms with Crippen molar-refractivity contribution in [2.75, 3.05) is 5.32 Å². The highest BCUT2D eigenvalue weighted by Crippen LogP contribution is 2.26. The minimum atomic E-state index is -0.661. The van der Waals surface area contributed by atoms with E-state index in [2.05, 4.69) is 25.0 Å². The third kappa shape index (κ3) is 3.77. The number of nitrogens with one attached hydrogen (secondary N) is 2.